The van der Waals surface area contributed by atoms with E-state index in [1.807, 2.05) is 0 Å². The molecule has 2 atom stereocenters. The lowest BCUT2D eigenvalue weighted by Crippen LogP contribution is -2.54. The van der Waals surface area contributed by atoms with Gasteiger partial charge in [-0.2, -0.15) is 0 Å². The molecule has 16 heavy (non-hydrogen) atoms. The van der Waals surface area contributed by atoms with Gasteiger partial charge in [0.2, 0.25) is 0 Å². The zero-order chi connectivity index (χ0) is 12.0. The average molecular weight is 228 g/mol. The minimum atomic E-state index is 0.350. The molecular formula is C13H28N2O. The molecule has 0 amide bonds. The Morgan fingerprint density at radius 3 is 2.12 bits per heavy atom. The first-order valence-electron chi connectivity index (χ1n) is 6.70. The summed E-state index contributed by atoms with van der Waals surface area (Å²) in [6.45, 7) is 8.63. The highest BCUT2D eigenvalue weighted by molar-refractivity contribution is 4.82. The van der Waals surface area contributed by atoms with Gasteiger partial charge in [-0.1, -0.05) is 12.8 Å². The van der Waals surface area contributed by atoms with Crippen LogP contribution in [0.5, 0.6) is 0 Å². The molecule has 1 N–H and O–H groups in total. The molecule has 0 aromatic carbocycles. The molecule has 0 aromatic heterocycles. The second-order valence-electron chi connectivity index (χ2n) is 5.26. The van der Waals surface area contributed by atoms with Gasteiger partial charge in [-0.25, -0.2) is 0 Å². The zero-order valence-electron chi connectivity index (χ0n) is 11.2. The van der Waals surface area contributed by atoms with Crippen LogP contribution in [0.25, 0.3) is 0 Å². The van der Waals surface area contributed by atoms with Gasteiger partial charge in [0.25, 0.3) is 0 Å². The average Bonchev–Trinajstić information content (AvgIpc) is 2.25. The van der Waals surface area contributed by atoms with Gasteiger partial charge in [-0.3, -0.25) is 4.90 Å². The van der Waals surface area contributed by atoms with Crippen molar-refractivity contribution in [2.24, 2.45) is 0 Å². The van der Waals surface area contributed by atoms with Crippen LogP contribution >= 0.6 is 0 Å². The molecule has 96 valence electrons. The molecule has 0 aromatic rings. The molecule has 1 fully saturated rings. The monoisotopic (exact) mass is 228 g/mol. The van der Waals surface area contributed by atoms with E-state index in [1.165, 1.54) is 38.9 Å². The van der Waals surface area contributed by atoms with Crippen LogP contribution in [0.1, 0.15) is 39.5 Å². The van der Waals surface area contributed by atoms with Crippen molar-refractivity contribution in [3.8, 4) is 0 Å². The highest BCUT2D eigenvalue weighted by Gasteiger charge is 2.25. The zero-order valence-corrected chi connectivity index (χ0v) is 11.2. The van der Waals surface area contributed by atoms with E-state index in [4.69, 9.17) is 5.11 Å². The molecular weight excluding hydrogens is 200 g/mol. The number of hydrogen-bond donors (Lipinski definition) is 1. The summed E-state index contributed by atoms with van der Waals surface area (Å²) in [6, 6.07) is 1.36. The van der Waals surface area contributed by atoms with E-state index in [-0.39, 0.29) is 0 Å². The van der Waals surface area contributed by atoms with Gasteiger partial charge < -0.3 is 10.0 Å². The Morgan fingerprint density at radius 2 is 1.56 bits per heavy atom. The molecule has 0 bridgehead atoms. The molecule has 1 aliphatic rings. The summed E-state index contributed by atoms with van der Waals surface area (Å²) >= 11 is 0. The molecule has 1 heterocycles. The van der Waals surface area contributed by atoms with Gasteiger partial charge in [0.1, 0.15) is 0 Å². The lowest BCUT2D eigenvalue weighted by molar-refractivity contribution is 0.0590. The number of likely N-dealkylation sites (N-methyl/N-ethyl adjacent to an activating group) is 1. The van der Waals surface area contributed by atoms with Crippen LogP contribution in [0, 0.1) is 0 Å². The van der Waals surface area contributed by atoms with Crippen LogP contribution in [-0.2, 0) is 0 Å². The number of unbranched alkanes of at least 4 members (excludes halogenated alkanes) is 3. The number of nitrogens with zero attached hydrogens (tertiary/aromatic N) is 2. The highest BCUT2D eigenvalue weighted by atomic mass is 16.2. The Bertz CT molecular complexity index is 175. The van der Waals surface area contributed by atoms with Crippen molar-refractivity contribution in [2.45, 2.75) is 51.6 Å². The predicted molar refractivity (Wildman–Crippen MR) is 68.7 cm³/mol. The Balaban J connectivity index is 2.13. The van der Waals surface area contributed by atoms with Gasteiger partial charge >= 0.3 is 0 Å². The van der Waals surface area contributed by atoms with Crippen LogP contribution in [0.4, 0.5) is 0 Å². The summed E-state index contributed by atoms with van der Waals surface area (Å²) in [5.74, 6) is 0. The summed E-state index contributed by atoms with van der Waals surface area (Å²) in [6.07, 6.45) is 4.68. The van der Waals surface area contributed by atoms with Gasteiger partial charge in [0, 0.05) is 31.8 Å². The quantitative estimate of drug-likeness (QED) is 0.699. The topological polar surface area (TPSA) is 26.7 Å². The van der Waals surface area contributed by atoms with Crippen molar-refractivity contribution in [3.05, 3.63) is 0 Å². The number of aliphatic hydroxyl groups is 1. The van der Waals surface area contributed by atoms with E-state index in [1.54, 1.807) is 0 Å². The van der Waals surface area contributed by atoms with Gasteiger partial charge in [0.05, 0.1) is 0 Å². The van der Waals surface area contributed by atoms with Crippen molar-refractivity contribution in [2.75, 3.05) is 33.3 Å². The molecule has 2 unspecified atom stereocenters. The van der Waals surface area contributed by atoms with Crippen molar-refractivity contribution < 1.29 is 5.11 Å². The van der Waals surface area contributed by atoms with Crippen LogP contribution in [0.2, 0.25) is 0 Å². The lowest BCUT2D eigenvalue weighted by Gasteiger charge is -2.42. The predicted octanol–water partition coefficient (Wildman–Crippen LogP) is 1.56. The van der Waals surface area contributed by atoms with Crippen LogP contribution in [-0.4, -0.2) is 60.3 Å². The third-order valence-corrected chi connectivity index (χ3v) is 3.82. The maximum atomic E-state index is 8.70. The molecule has 0 saturated carbocycles. The number of aliphatic hydroxyl groups excluding tert-OH is 1. The van der Waals surface area contributed by atoms with Crippen molar-refractivity contribution in [1.82, 2.24) is 9.80 Å². The van der Waals surface area contributed by atoms with Crippen LogP contribution in [0.3, 0.4) is 0 Å². The van der Waals surface area contributed by atoms with Crippen LogP contribution < -0.4 is 0 Å². The second-order valence-corrected chi connectivity index (χ2v) is 5.26. The van der Waals surface area contributed by atoms with E-state index in [0.29, 0.717) is 18.7 Å². The highest BCUT2D eigenvalue weighted by Crippen LogP contribution is 2.14. The lowest BCUT2D eigenvalue weighted by atomic mass is 10.1. The van der Waals surface area contributed by atoms with Crippen molar-refractivity contribution in [3.63, 3.8) is 0 Å². The minimum absolute atomic E-state index is 0.350. The van der Waals surface area contributed by atoms with E-state index in [0.717, 1.165) is 6.42 Å². The minimum Gasteiger partial charge on any atom is -0.396 e. The number of hydrogen-bond acceptors (Lipinski definition) is 3. The summed E-state index contributed by atoms with van der Waals surface area (Å²) in [7, 11) is 2.23. The first-order chi connectivity index (χ1) is 7.65. The fourth-order valence-corrected chi connectivity index (χ4v) is 2.50. The number of rotatable bonds is 6. The molecule has 3 nitrogen and oxygen atoms in total. The molecule has 1 rings (SSSR count). The summed E-state index contributed by atoms with van der Waals surface area (Å²) in [5, 5.41) is 8.70. The Labute approximate surface area is 100 Å². The second kappa shape index (κ2) is 7.25. The Kier molecular flexibility index (Phi) is 6.32. The standard InChI is InChI=1S/C13H28N2O/c1-12-10-15(11-13(2)14(12)3)8-6-4-5-7-9-16/h12-13,16H,4-11H2,1-3H3. The smallest absolute Gasteiger partial charge is 0.0431 e. The Hall–Kier alpha value is -0.120. The summed E-state index contributed by atoms with van der Waals surface area (Å²) in [4.78, 5) is 5.07. The van der Waals surface area contributed by atoms with Crippen LogP contribution in [0.15, 0.2) is 0 Å². The van der Waals surface area contributed by atoms with E-state index in [2.05, 4.69) is 30.7 Å². The fourth-order valence-electron chi connectivity index (χ4n) is 2.50. The maximum Gasteiger partial charge on any atom is 0.0431 e. The fraction of sp³-hybridized carbons (Fsp3) is 1.00. The summed E-state index contributed by atoms with van der Waals surface area (Å²) < 4.78 is 0. The largest absolute Gasteiger partial charge is 0.396 e. The van der Waals surface area contributed by atoms with Gasteiger partial charge in [-0.15, -0.1) is 0 Å². The van der Waals surface area contributed by atoms with E-state index < -0.39 is 0 Å². The first-order valence-corrected chi connectivity index (χ1v) is 6.70. The third kappa shape index (κ3) is 4.40. The summed E-state index contributed by atoms with van der Waals surface area (Å²) in [5.41, 5.74) is 0. The molecule has 1 saturated heterocycles. The van der Waals surface area contributed by atoms with Gasteiger partial charge in [-0.05, 0) is 40.3 Å². The molecule has 1 aliphatic heterocycles. The Morgan fingerprint density at radius 1 is 1.00 bits per heavy atom. The maximum absolute atomic E-state index is 8.70. The number of piperazine rings is 1. The molecule has 0 spiro atoms. The normalized spacial score (nSPS) is 28.5. The molecule has 3 heteroatoms. The van der Waals surface area contributed by atoms with Gasteiger partial charge in [0.15, 0.2) is 0 Å². The van der Waals surface area contributed by atoms with E-state index in [9.17, 15) is 0 Å². The molecule has 0 aliphatic carbocycles. The van der Waals surface area contributed by atoms with Crippen molar-refractivity contribution >= 4 is 0 Å². The molecule has 0 radical (unpaired) electrons. The SMILES string of the molecule is CC1CN(CCCCCCO)CC(C)N1C. The third-order valence-electron chi connectivity index (χ3n) is 3.82. The first kappa shape index (κ1) is 13.9. The van der Waals surface area contributed by atoms with Crippen molar-refractivity contribution in [1.29, 1.82) is 0 Å². The van der Waals surface area contributed by atoms with E-state index >= 15 is 0 Å².